The molecule has 7 nitrogen and oxygen atoms in total. The molecular weight excluding hydrogens is 259 g/mol. The minimum atomic E-state index is -4.17. The molecule has 0 radical (unpaired) electrons. The molecule has 1 fully saturated rings. The molecule has 17 heavy (non-hydrogen) atoms. The molecule has 0 aliphatic carbocycles. The fourth-order valence-electron chi connectivity index (χ4n) is 1.20. The monoisotopic (exact) mass is 280 g/mol. The van der Waals surface area contributed by atoms with Gasteiger partial charge in [0.1, 0.15) is 6.23 Å². The minimum absolute atomic E-state index is 0. The van der Waals surface area contributed by atoms with Crippen LogP contribution in [0.1, 0.15) is 15.3 Å². The van der Waals surface area contributed by atoms with Gasteiger partial charge in [0, 0.05) is 26.2 Å². The molecule has 1 unspecified atom stereocenters. The van der Waals surface area contributed by atoms with Crippen LogP contribution in [-0.4, -0.2) is 62.0 Å². The molecule has 0 aromatic heterocycles. The van der Waals surface area contributed by atoms with Crippen LogP contribution < -0.4 is 34.9 Å². The molecule has 0 amide bonds. The van der Waals surface area contributed by atoms with Crippen molar-refractivity contribution in [1.82, 2.24) is 10.2 Å². The van der Waals surface area contributed by atoms with Gasteiger partial charge in [0.15, 0.2) is 0 Å². The maximum atomic E-state index is 9.56. The number of aliphatic hydroxyl groups excluding tert-OH is 1. The van der Waals surface area contributed by atoms with Crippen LogP contribution in [0.3, 0.4) is 0 Å². The van der Waals surface area contributed by atoms with Gasteiger partial charge in [-0.05, 0) is 13.8 Å². The first-order valence-corrected chi connectivity index (χ1v) is 6.48. The van der Waals surface area contributed by atoms with E-state index in [1.807, 2.05) is 6.92 Å². The Morgan fingerprint density at radius 3 is 2.12 bits per heavy atom. The molecule has 1 heterocycles. The van der Waals surface area contributed by atoms with Gasteiger partial charge in [-0.25, -0.2) is 4.18 Å². The van der Waals surface area contributed by atoms with Gasteiger partial charge < -0.3 is 11.8 Å². The Morgan fingerprint density at radius 1 is 1.47 bits per heavy atom. The smallest absolute Gasteiger partial charge is 1.00 e. The van der Waals surface area contributed by atoms with E-state index in [-0.39, 0.29) is 43.8 Å². The van der Waals surface area contributed by atoms with Crippen LogP contribution in [0.25, 0.3) is 0 Å². The summed E-state index contributed by atoms with van der Waals surface area (Å²) in [6, 6.07) is 0. The van der Waals surface area contributed by atoms with E-state index in [1.54, 1.807) is 0 Å². The number of nitrogens with one attached hydrogen (secondary N) is 1. The second-order valence-electron chi connectivity index (χ2n) is 3.25. The second kappa shape index (κ2) is 10.7. The average Bonchev–Trinajstić information content (AvgIpc) is 2.18. The maximum Gasteiger partial charge on any atom is 1.00 e. The van der Waals surface area contributed by atoms with E-state index in [2.05, 4.69) is 14.4 Å². The van der Waals surface area contributed by atoms with E-state index in [9.17, 15) is 8.42 Å². The molecule has 100 valence electrons. The zero-order chi connectivity index (χ0) is 12.6. The summed E-state index contributed by atoms with van der Waals surface area (Å²) >= 11 is 0. The van der Waals surface area contributed by atoms with Crippen molar-refractivity contribution >= 4 is 10.4 Å². The Balaban J connectivity index is -0.000000232. The zero-order valence-electron chi connectivity index (χ0n) is 11.6. The Hall–Kier alpha value is 0.750. The summed E-state index contributed by atoms with van der Waals surface area (Å²) in [5, 5.41) is 12.3. The van der Waals surface area contributed by atoms with Gasteiger partial charge in [-0.15, -0.1) is 0 Å². The quantitative estimate of drug-likeness (QED) is 0.360. The van der Waals surface area contributed by atoms with Crippen LogP contribution in [0.4, 0.5) is 0 Å². The average molecular weight is 280 g/mol. The fourth-order valence-corrected chi connectivity index (χ4v) is 1.50. The summed E-state index contributed by atoms with van der Waals surface area (Å²) in [4.78, 5) is 2.05. The zero-order valence-corrected chi connectivity index (χ0v) is 13.4. The summed E-state index contributed by atoms with van der Waals surface area (Å²) in [6.45, 7) is 7.20. The topological polar surface area (TPSA) is 99.1 Å². The Kier molecular flexibility index (Phi) is 12.6. The van der Waals surface area contributed by atoms with Crippen LogP contribution in [0.2, 0.25) is 0 Å². The summed E-state index contributed by atoms with van der Waals surface area (Å²) in [7, 11) is -4.17. The van der Waals surface area contributed by atoms with Crippen molar-refractivity contribution in [3.8, 4) is 0 Å². The van der Waals surface area contributed by atoms with Gasteiger partial charge in [0.05, 0.1) is 6.61 Å². The standard InChI is InChI=1S/C6H14N2O.C2H6O4S.Na.H/c1-6(9)8-4-2-7-3-5-8;1-2-6-7(3,4)5;;/h6-7,9H,2-5H2,1H3;2H2,1H3,(H,3,4,5);;/q;;+1;-1. The molecule has 1 saturated heterocycles. The number of hydrogen-bond donors (Lipinski definition) is 3. The summed E-state index contributed by atoms with van der Waals surface area (Å²) in [5.74, 6) is 0. The number of piperazine rings is 1. The van der Waals surface area contributed by atoms with Crippen molar-refractivity contribution in [2.24, 2.45) is 0 Å². The normalized spacial score (nSPS) is 18.6. The van der Waals surface area contributed by atoms with Gasteiger partial charge in [0.25, 0.3) is 0 Å². The summed E-state index contributed by atoms with van der Waals surface area (Å²) < 4.78 is 30.7. The first-order valence-electron chi connectivity index (χ1n) is 5.11. The van der Waals surface area contributed by atoms with Crippen LogP contribution >= 0.6 is 0 Å². The van der Waals surface area contributed by atoms with Gasteiger partial charge >= 0.3 is 40.0 Å². The largest absolute Gasteiger partial charge is 1.00 e. The summed E-state index contributed by atoms with van der Waals surface area (Å²) in [6.07, 6.45) is -0.271. The van der Waals surface area contributed by atoms with E-state index >= 15 is 0 Å². The second-order valence-corrected chi connectivity index (χ2v) is 4.34. The molecule has 0 aromatic rings. The van der Waals surface area contributed by atoms with Gasteiger partial charge in [-0.3, -0.25) is 9.45 Å². The molecule has 1 aliphatic heterocycles. The van der Waals surface area contributed by atoms with Crippen LogP contribution in [0.5, 0.6) is 0 Å². The molecule has 9 heteroatoms. The molecule has 0 saturated carbocycles. The van der Waals surface area contributed by atoms with E-state index in [0.717, 1.165) is 26.2 Å². The number of rotatable bonds is 3. The van der Waals surface area contributed by atoms with Crippen LogP contribution in [0.15, 0.2) is 0 Å². The SMILES string of the molecule is CC(O)N1CCNCC1.CCOS(=O)(=O)O.[H-].[Na+]. The number of aliphatic hydroxyl groups is 1. The van der Waals surface area contributed by atoms with Crippen molar-refractivity contribution in [1.29, 1.82) is 0 Å². The Bertz CT molecular complexity index is 273. The minimum Gasteiger partial charge on any atom is -1.00 e. The first kappa shape index (κ1) is 20.1. The van der Waals surface area contributed by atoms with Crippen LogP contribution in [-0.2, 0) is 14.6 Å². The van der Waals surface area contributed by atoms with Crippen molar-refractivity contribution in [3.63, 3.8) is 0 Å². The van der Waals surface area contributed by atoms with Crippen molar-refractivity contribution < 1.29 is 53.2 Å². The van der Waals surface area contributed by atoms with E-state index < -0.39 is 10.4 Å². The molecule has 0 bridgehead atoms. The third-order valence-corrected chi connectivity index (χ3v) is 2.48. The Morgan fingerprint density at radius 2 is 1.94 bits per heavy atom. The predicted octanol–water partition coefficient (Wildman–Crippen LogP) is -3.83. The third-order valence-electron chi connectivity index (χ3n) is 1.95. The molecule has 1 rings (SSSR count). The van der Waals surface area contributed by atoms with E-state index in [4.69, 9.17) is 9.66 Å². The molecule has 0 spiro atoms. The molecule has 1 aliphatic rings. The van der Waals surface area contributed by atoms with Crippen molar-refractivity contribution in [2.45, 2.75) is 20.1 Å². The van der Waals surface area contributed by atoms with E-state index in [1.165, 1.54) is 6.92 Å². The molecule has 3 N–H and O–H groups in total. The molecule has 0 aromatic carbocycles. The number of nitrogens with zero attached hydrogens (tertiary/aromatic N) is 1. The summed E-state index contributed by atoms with van der Waals surface area (Å²) in [5.41, 5.74) is 0. The number of hydrogen-bond acceptors (Lipinski definition) is 6. The maximum absolute atomic E-state index is 9.56. The van der Waals surface area contributed by atoms with E-state index in [0.29, 0.717) is 0 Å². The van der Waals surface area contributed by atoms with Crippen molar-refractivity contribution in [2.75, 3.05) is 32.8 Å². The molecule has 1 atom stereocenters. The fraction of sp³-hybridized carbons (Fsp3) is 1.00. The predicted molar refractivity (Wildman–Crippen MR) is 60.4 cm³/mol. The van der Waals surface area contributed by atoms with Gasteiger partial charge in [0.2, 0.25) is 0 Å². The Labute approximate surface area is 126 Å². The third kappa shape index (κ3) is 13.0. The van der Waals surface area contributed by atoms with Crippen molar-refractivity contribution in [3.05, 3.63) is 0 Å². The van der Waals surface area contributed by atoms with Gasteiger partial charge in [-0.2, -0.15) is 8.42 Å². The van der Waals surface area contributed by atoms with Gasteiger partial charge in [-0.1, -0.05) is 0 Å². The first-order chi connectivity index (χ1) is 7.37. The van der Waals surface area contributed by atoms with Crippen LogP contribution in [0, 0.1) is 0 Å². The molecular formula is C8H21N2NaO5S.